The van der Waals surface area contributed by atoms with E-state index >= 15 is 0 Å². The van der Waals surface area contributed by atoms with Crippen LogP contribution in [0.25, 0.3) is 0 Å². The monoisotopic (exact) mass is 376 g/mol. The molecule has 0 saturated heterocycles. The lowest BCUT2D eigenvalue weighted by Crippen LogP contribution is -2.64. The molecule has 0 heterocycles. The average Bonchev–Trinajstić information content (AvgIpc) is 2.57. The second kappa shape index (κ2) is 10.1. The minimum Gasteiger partial charge on any atom is -0.481 e. The molecule has 0 bridgehead atoms. The summed E-state index contributed by atoms with van der Waals surface area (Å²) < 4.78 is 4.48. The second-order valence-corrected chi connectivity index (χ2v) is 6.35. The van der Waals surface area contributed by atoms with Crippen LogP contribution in [0.3, 0.4) is 0 Å². The van der Waals surface area contributed by atoms with Crippen molar-refractivity contribution in [1.29, 1.82) is 0 Å². The summed E-state index contributed by atoms with van der Waals surface area (Å²) >= 11 is 0. The normalized spacial score (nSPS) is 16.8. The Bertz CT molecular complexity index is 530. The molecule has 0 aromatic rings. The van der Waals surface area contributed by atoms with E-state index in [9.17, 15) is 39.6 Å². The number of carbonyl (C=O) groups is 4. The van der Waals surface area contributed by atoms with Gasteiger partial charge in [-0.25, -0.2) is 4.79 Å². The van der Waals surface area contributed by atoms with Crippen molar-refractivity contribution in [3.63, 3.8) is 0 Å². The topological polar surface area (TPSA) is 158 Å². The smallest absolute Gasteiger partial charge is 0.337 e. The molecule has 0 amide bonds. The number of ether oxygens (including phenoxy) is 1. The summed E-state index contributed by atoms with van der Waals surface area (Å²) in [7, 11) is 1.00. The molecule has 0 spiro atoms. The van der Waals surface area contributed by atoms with Gasteiger partial charge >= 0.3 is 23.9 Å². The number of aliphatic hydroxyl groups is 1. The van der Waals surface area contributed by atoms with Crippen molar-refractivity contribution in [3.8, 4) is 0 Å². The summed E-state index contributed by atoms with van der Waals surface area (Å²) in [4.78, 5) is 47.6. The fraction of sp³-hybridized carbons (Fsp3) is 0.765. The maximum atomic E-state index is 12.1. The van der Waals surface area contributed by atoms with Gasteiger partial charge in [0, 0.05) is 0 Å². The lowest BCUT2D eigenvalue weighted by molar-refractivity contribution is -0.209. The number of hydrogen-bond donors (Lipinski definition) is 4. The van der Waals surface area contributed by atoms with Gasteiger partial charge in [-0.05, 0) is 12.8 Å². The van der Waals surface area contributed by atoms with E-state index in [1.165, 1.54) is 0 Å². The standard InChI is InChI=1S/C17H28O9/c1-4-6-8-11(13(19)20)17(25,15(23)24)16(14(21)22,9-7-5-2)10-12(18)26-3/h11,25H,4-10H2,1-3H3,(H,19,20)(H,21,22)(H,23,24). The summed E-state index contributed by atoms with van der Waals surface area (Å²) in [5.74, 6) is -8.29. The first-order chi connectivity index (χ1) is 12.0. The van der Waals surface area contributed by atoms with Crippen LogP contribution in [0.4, 0.5) is 0 Å². The van der Waals surface area contributed by atoms with Crippen LogP contribution in [-0.2, 0) is 23.9 Å². The third-order valence-corrected chi connectivity index (χ3v) is 4.74. The van der Waals surface area contributed by atoms with E-state index in [1.807, 2.05) is 0 Å². The van der Waals surface area contributed by atoms with Crippen LogP contribution in [-0.4, -0.2) is 57.0 Å². The van der Waals surface area contributed by atoms with E-state index in [0.717, 1.165) is 7.11 Å². The van der Waals surface area contributed by atoms with Crippen molar-refractivity contribution in [2.75, 3.05) is 7.11 Å². The van der Waals surface area contributed by atoms with Crippen molar-refractivity contribution in [2.24, 2.45) is 11.3 Å². The number of unbranched alkanes of at least 4 members (excludes halogenated alkanes) is 2. The third kappa shape index (κ3) is 4.72. The molecule has 0 aliphatic heterocycles. The summed E-state index contributed by atoms with van der Waals surface area (Å²) in [6.45, 7) is 3.46. The molecule has 0 aliphatic carbocycles. The van der Waals surface area contributed by atoms with Crippen molar-refractivity contribution in [2.45, 2.75) is 64.4 Å². The number of carboxylic acid groups (broad SMARTS) is 3. The fourth-order valence-corrected chi connectivity index (χ4v) is 3.16. The van der Waals surface area contributed by atoms with Gasteiger partial charge in [-0.2, -0.15) is 0 Å². The number of carbonyl (C=O) groups excluding carboxylic acids is 1. The summed E-state index contributed by atoms with van der Waals surface area (Å²) in [6, 6.07) is 0. The van der Waals surface area contributed by atoms with Crippen LogP contribution in [0.1, 0.15) is 58.8 Å². The molecule has 26 heavy (non-hydrogen) atoms. The number of hydrogen-bond acceptors (Lipinski definition) is 6. The van der Waals surface area contributed by atoms with Gasteiger partial charge in [0.15, 0.2) is 5.60 Å². The first kappa shape index (κ1) is 23.8. The number of methoxy groups -OCH3 is 1. The Labute approximate surface area is 152 Å². The first-order valence-electron chi connectivity index (χ1n) is 8.53. The average molecular weight is 376 g/mol. The Morgan fingerprint density at radius 3 is 1.85 bits per heavy atom. The van der Waals surface area contributed by atoms with Gasteiger partial charge in [-0.3, -0.25) is 14.4 Å². The fourth-order valence-electron chi connectivity index (χ4n) is 3.16. The number of carboxylic acids is 3. The molecule has 150 valence electrons. The van der Waals surface area contributed by atoms with Crippen molar-refractivity contribution >= 4 is 23.9 Å². The maximum Gasteiger partial charge on any atom is 0.337 e. The molecule has 0 aliphatic rings. The Hall–Kier alpha value is -2.16. The Balaban J connectivity index is 6.58. The highest BCUT2D eigenvalue weighted by molar-refractivity contribution is 5.95. The zero-order chi connectivity index (χ0) is 20.5. The van der Waals surface area contributed by atoms with Gasteiger partial charge in [-0.1, -0.05) is 39.5 Å². The highest BCUT2D eigenvalue weighted by Crippen LogP contribution is 2.47. The lowest BCUT2D eigenvalue weighted by Gasteiger charge is -2.44. The molecule has 0 radical (unpaired) electrons. The molecule has 0 aromatic carbocycles. The van der Waals surface area contributed by atoms with Crippen LogP contribution < -0.4 is 0 Å². The molecule has 0 aromatic heterocycles. The second-order valence-electron chi connectivity index (χ2n) is 6.35. The van der Waals surface area contributed by atoms with Crippen LogP contribution >= 0.6 is 0 Å². The predicted molar refractivity (Wildman–Crippen MR) is 89.5 cm³/mol. The maximum absolute atomic E-state index is 12.1. The molecule has 0 fully saturated rings. The first-order valence-corrected chi connectivity index (χ1v) is 8.53. The van der Waals surface area contributed by atoms with Crippen molar-refractivity contribution in [1.82, 2.24) is 0 Å². The Morgan fingerprint density at radius 2 is 1.50 bits per heavy atom. The van der Waals surface area contributed by atoms with E-state index in [0.29, 0.717) is 12.8 Å². The van der Waals surface area contributed by atoms with Gasteiger partial charge in [0.1, 0.15) is 5.41 Å². The summed E-state index contributed by atoms with van der Waals surface area (Å²) in [5, 5.41) is 40.0. The number of aliphatic carboxylic acids is 3. The van der Waals surface area contributed by atoms with Crippen LogP contribution in [0.5, 0.6) is 0 Å². The highest BCUT2D eigenvalue weighted by atomic mass is 16.5. The van der Waals surface area contributed by atoms with E-state index in [1.54, 1.807) is 13.8 Å². The lowest BCUT2D eigenvalue weighted by atomic mass is 9.60. The zero-order valence-electron chi connectivity index (χ0n) is 15.4. The highest BCUT2D eigenvalue weighted by Gasteiger charge is 2.66. The van der Waals surface area contributed by atoms with Crippen molar-refractivity contribution in [3.05, 3.63) is 0 Å². The van der Waals surface area contributed by atoms with Crippen LogP contribution in [0, 0.1) is 11.3 Å². The van der Waals surface area contributed by atoms with E-state index in [-0.39, 0.29) is 25.7 Å². The van der Waals surface area contributed by atoms with E-state index < -0.39 is 47.2 Å². The van der Waals surface area contributed by atoms with Crippen LogP contribution in [0.2, 0.25) is 0 Å². The Morgan fingerprint density at radius 1 is 0.962 bits per heavy atom. The van der Waals surface area contributed by atoms with Gasteiger partial charge < -0.3 is 25.2 Å². The van der Waals surface area contributed by atoms with Gasteiger partial charge in [0.2, 0.25) is 0 Å². The van der Waals surface area contributed by atoms with Crippen molar-refractivity contribution < 1.29 is 44.3 Å². The summed E-state index contributed by atoms with van der Waals surface area (Å²) in [6.07, 6.45) is -0.140. The molecule has 9 nitrogen and oxygen atoms in total. The molecular formula is C17H28O9. The minimum atomic E-state index is -3.18. The molecule has 0 saturated carbocycles. The minimum absolute atomic E-state index is 0.180. The predicted octanol–water partition coefficient (Wildman–Crippen LogP) is 1.52. The molecule has 9 heteroatoms. The molecular weight excluding hydrogens is 348 g/mol. The van der Waals surface area contributed by atoms with E-state index in [4.69, 9.17) is 0 Å². The summed E-state index contributed by atoms with van der Waals surface area (Å²) in [5.41, 5.74) is -5.71. The van der Waals surface area contributed by atoms with Gasteiger partial charge in [0.05, 0.1) is 19.4 Å². The number of rotatable bonds is 13. The molecule has 4 N–H and O–H groups in total. The zero-order valence-corrected chi connectivity index (χ0v) is 15.4. The van der Waals surface area contributed by atoms with E-state index in [2.05, 4.69) is 4.74 Å². The Kier molecular flexibility index (Phi) is 9.26. The molecule has 3 atom stereocenters. The van der Waals surface area contributed by atoms with Crippen LogP contribution in [0.15, 0.2) is 0 Å². The largest absolute Gasteiger partial charge is 0.481 e. The third-order valence-electron chi connectivity index (χ3n) is 4.74. The SMILES string of the molecule is CCCCC(C(=O)O)C(O)(C(=O)O)C(CCCC)(CC(=O)OC)C(=O)O. The molecule has 0 rings (SSSR count). The number of esters is 1. The van der Waals surface area contributed by atoms with Gasteiger partial charge in [-0.15, -0.1) is 0 Å². The molecule has 3 unspecified atom stereocenters. The quantitative estimate of drug-likeness (QED) is 0.349. The van der Waals surface area contributed by atoms with Gasteiger partial charge in [0.25, 0.3) is 0 Å².